The molecular formula is C14H10Cl2FNO2. The summed E-state index contributed by atoms with van der Waals surface area (Å²) in [6.45, 7) is 1.55. The number of rotatable bonds is 4. The highest BCUT2D eigenvalue weighted by Gasteiger charge is 2.12. The minimum Gasteiger partial charge on any atom is -0.482 e. The molecule has 0 saturated carbocycles. The molecule has 1 aromatic carbocycles. The van der Waals surface area contributed by atoms with E-state index in [0.29, 0.717) is 11.3 Å². The predicted molar refractivity (Wildman–Crippen MR) is 75.6 cm³/mol. The molecule has 1 unspecified atom stereocenters. The largest absolute Gasteiger partial charge is 0.482 e. The first-order valence-electron chi connectivity index (χ1n) is 5.75. The van der Waals surface area contributed by atoms with Crippen molar-refractivity contribution in [2.24, 2.45) is 0 Å². The van der Waals surface area contributed by atoms with Gasteiger partial charge in [0.1, 0.15) is 11.4 Å². The van der Waals surface area contributed by atoms with Gasteiger partial charge in [-0.15, -0.1) is 0 Å². The van der Waals surface area contributed by atoms with Crippen LogP contribution in [0.15, 0.2) is 36.5 Å². The molecule has 2 rings (SSSR count). The maximum Gasteiger partial charge on any atom is 0.262 e. The molecule has 20 heavy (non-hydrogen) atoms. The highest BCUT2D eigenvalue weighted by molar-refractivity contribution is 6.64. The van der Waals surface area contributed by atoms with Gasteiger partial charge in [-0.05, 0) is 48.9 Å². The van der Waals surface area contributed by atoms with Crippen molar-refractivity contribution in [2.45, 2.75) is 13.0 Å². The molecule has 1 heterocycles. The molecule has 0 fully saturated rings. The minimum absolute atomic E-state index is 0.197. The second-order valence-electron chi connectivity index (χ2n) is 4.07. The van der Waals surface area contributed by atoms with Crippen LogP contribution >= 0.6 is 23.2 Å². The van der Waals surface area contributed by atoms with Crippen molar-refractivity contribution in [3.05, 3.63) is 47.4 Å². The van der Waals surface area contributed by atoms with Gasteiger partial charge in [-0.25, -0.2) is 4.39 Å². The average Bonchev–Trinajstić information content (AvgIpc) is 2.40. The summed E-state index contributed by atoms with van der Waals surface area (Å²) in [6, 6.07) is 7.70. The first-order valence-corrected chi connectivity index (χ1v) is 6.50. The number of halogens is 3. The van der Waals surface area contributed by atoms with Crippen LogP contribution in [-0.2, 0) is 4.79 Å². The van der Waals surface area contributed by atoms with E-state index >= 15 is 0 Å². The van der Waals surface area contributed by atoms with Crippen molar-refractivity contribution in [1.29, 1.82) is 0 Å². The maximum absolute atomic E-state index is 13.7. The van der Waals surface area contributed by atoms with Crippen LogP contribution in [0.5, 0.6) is 5.75 Å². The summed E-state index contributed by atoms with van der Waals surface area (Å²) >= 11 is 11.0. The predicted octanol–water partition coefficient (Wildman–Crippen LogP) is 4.07. The number of hydrogen-bond acceptors (Lipinski definition) is 3. The molecule has 3 nitrogen and oxygen atoms in total. The highest BCUT2D eigenvalue weighted by atomic mass is 35.5. The van der Waals surface area contributed by atoms with E-state index in [1.165, 1.54) is 12.3 Å². The van der Waals surface area contributed by atoms with E-state index in [1.807, 2.05) is 0 Å². The van der Waals surface area contributed by atoms with Crippen LogP contribution in [0.2, 0.25) is 5.02 Å². The highest BCUT2D eigenvalue weighted by Crippen LogP contribution is 2.25. The van der Waals surface area contributed by atoms with Gasteiger partial charge >= 0.3 is 0 Å². The number of benzene rings is 1. The first kappa shape index (κ1) is 14.8. The zero-order valence-corrected chi connectivity index (χ0v) is 12.0. The van der Waals surface area contributed by atoms with Crippen molar-refractivity contribution in [3.8, 4) is 17.0 Å². The second-order valence-corrected chi connectivity index (χ2v) is 4.88. The molecule has 104 valence electrons. The Morgan fingerprint density at radius 1 is 1.35 bits per heavy atom. The molecule has 0 aliphatic rings. The lowest BCUT2D eigenvalue weighted by Crippen LogP contribution is -2.18. The Labute approximate surface area is 125 Å². The van der Waals surface area contributed by atoms with Gasteiger partial charge in [-0.1, -0.05) is 11.6 Å². The standard InChI is InChI=1S/C14H10Cl2FNO2/c1-8(14(16)19)20-11-4-2-9(3-5-11)13-12(17)6-10(15)7-18-13/h2-8H,1H3. The van der Waals surface area contributed by atoms with Gasteiger partial charge in [0, 0.05) is 11.8 Å². The molecule has 0 saturated heterocycles. The van der Waals surface area contributed by atoms with Crippen LogP contribution in [0.25, 0.3) is 11.3 Å². The summed E-state index contributed by atoms with van der Waals surface area (Å²) in [5.41, 5.74) is 0.777. The van der Waals surface area contributed by atoms with Crippen LogP contribution in [0.4, 0.5) is 4.39 Å². The fraction of sp³-hybridized carbons (Fsp3) is 0.143. The Kier molecular flexibility index (Phi) is 4.57. The van der Waals surface area contributed by atoms with Crippen molar-refractivity contribution in [3.63, 3.8) is 0 Å². The SMILES string of the molecule is CC(Oc1ccc(-c2ncc(Cl)cc2F)cc1)C(=O)Cl. The zero-order chi connectivity index (χ0) is 14.7. The molecule has 0 aliphatic heterocycles. The Morgan fingerprint density at radius 3 is 2.55 bits per heavy atom. The summed E-state index contributed by atoms with van der Waals surface area (Å²) < 4.78 is 19.0. The van der Waals surface area contributed by atoms with Gasteiger partial charge < -0.3 is 4.74 Å². The molecule has 0 bridgehead atoms. The molecule has 0 radical (unpaired) electrons. The number of carbonyl (C=O) groups is 1. The number of carbonyl (C=O) groups excluding carboxylic acids is 1. The molecule has 2 aromatic rings. The van der Waals surface area contributed by atoms with Gasteiger partial charge in [0.25, 0.3) is 5.24 Å². The summed E-state index contributed by atoms with van der Waals surface area (Å²) in [5, 5.41) is -0.347. The molecule has 0 spiro atoms. The van der Waals surface area contributed by atoms with Crippen molar-refractivity contribution < 1.29 is 13.9 Å². The lowest BCUT2D eigenvalue weighted by atomic mass is 10.1. The van der Waals surface area contributed by atoms with Crippen LogP contribution in [0, 0.1) is 5.82 Å². The monoisotopic (exact) mass is 313 g/mol. The lowest BCUT2D eigenvalue weighted by Gasteiger charge is -2.11. The molecular weight excluding hydrogens is 304 g/mol. The van der Waals surface area contributed by atoms with Crippen LogP contribution in [-0.4, -0.2) is 16.3 Å². The smallest absolute Gasteiger partial charge is 0.262 e. The molecule has 0 aliphatic carbocycles. The maximum atomic E-state index is 13.7. The van der Waals surface area contributed by atoms with E-state index in [-0.39, 0.29) is 10.7 Å². The number of pyridine rings is 1. The fourth-order valence-corrected chi connectivity index (χ4v) is 1.76. The zero-order valence-electron chi connectivity index (χ0n) is 10.4. The lowest BCUT2D eigenvalue weighted by molar-refractivity contribution is -0.117. The van der Waals surface area contributed by atoms with Gasteiger partial charge in [-0.3, -0.25) is 9.78 Å². The molecule has 0 N–H and O–H groups in total. The summed E-state index contributed by atoms with van der Waals surface area (Å²) in [6.07, 6.45) is 0.631. The van der Waals surface area contributed by atoms with E-state index in [0.717, 1.165) is 0 Å². The van der Waals surface area contributed by atoms with Gasteiger partial charge in [0.15, 0.2) is 11.9 Å². The Hall–Kier alpha value is -1.65. The second kappa shape index (κ2) is 6.20. The number of nitrogens with zero attached hydrogens (tertiary/aromatic N) is 1. The van der Waals surface area contributed by atoms with Crippen molar-refractivity contribution in [1.82, 2.24) is 4.98 Å². The number of hydrogen-bond donors (Lipinski definition) is 0. The number of ether oxygens (including phenoxy) is 1. The van der Waals surface area contributed by atoms with E-state index in [2.05, 4.69) is 4.98 Å². The van der Waals surface area contributed by atoms with Crippen LogP contribution in [0.3, 0.4) is 0 Å². The summed E-state index contributed by atoms with van der Waals surface area (Å²) in [7, 11) is 0. The van der Waals surface area contributed by atoms with Crippen molar-refractivity contribution in [2.75, 3.05) is 0 Å². The first-order chi connectivity index (χ1) is 9.47. The fourth-order valence-electron chi connectivity index (χ4n) is 1.57. The third-order valence-electron chi connectivity index (χ3n) is 2.57. The topological polar surface area (TPSA) is 39.2 Å². The van der Waals surface area contributed by atoms with Gasteiger partial charge in [0.05, 0.1) is 5.02 Å². The molecule has 0 amide bonds. The average molecular weight is 314 g/mol. The van der Waals surface area contributed by atoms with E-state index < -0.39 is 17.2 Å². The van der Waals surface area contributed by atoms with E-state index in [4.69, 9.17) is 27.9 Å². The van der Waals surface area contributed by atoms with Crippen LogP contribution < -0.4 is 4.74 Å². The van der Waals surface area contributed by atoms with Crippen LogP contribution in [0.1, 0.15) is 6.92 Å². The Balaban J connectivity index is 2.21. The van der Waals surface area contributed by atoms with Crippen molar-refractivity contribution >= 4 is 28.4 Å². The van der Waals surface area contributed by atoms with E-state index in [1.54, 1.807) is 31.2 Å². The Morgan fingerprint density at radius 2 is 2.00 bits per heavy atom. The Bertz CT molecular complexity index is 632. The van der Waals surface area contributed by atoms with E-state index in [9.17, 15) is 9.18 Å². The third-order valence-corrected chi connectivity index (χ3v) is 3.08. The normalized spacial score (nSPS) is 12.0. The molecule has 1 aromatic heterocycles. The quantitative estimate of drug-likeness (QED) is 0.799. The summed E-state index contributed by atoms with van der Waals surface area (Å²) in [5.74, 6) is -0.0416. The third kappa shape index (κ3) is 3.46. The van der Waals surface area contributed by atoms with Gasteiger partial charge in [-0.2, -0.15) is 0 Å². The minimum atomic E-state index is -0.743. The molecule has 1 atom stereocenters. The number of aromatic nitrogens is 1. The summed E-state index contributed by atoms with van der Waals surface area (Å²) in [4.78, 5) is 14.8. The van der Waals surface area contributed by atoms with Gasteiger partial charge in [0.2, 0.25) is 0 Å². The molecule has 6 heteroatoms.